The van der Waals surface area contributed by atoms with E-state index in [9.17, 15) is 4.79 Å². The Bertz CT molecular complexity index is 534. The Balaban J connectivity index is 0.00000144. The predicted octanol–water partition coefficient (Wildman–Crippen LogP) is 0.606. The van der Waals surface area contributed by atoms with Crippen LogP contribution in [0.15, 0.2) is 24.4 Å². The van der Waals surface area contributed by atoms with Crippen LogP contribution in [0.2, 0.25) is 0 Å². The molecule has 5 nitrogen and oxygen atoms in total. The molecule has 1 aromatic heterocycles. The van der Waals surface area contributed by atoms with Crippen molar-refractivity contribution >= 4 is 16.9 Å². The van der Waals surface area contributed by atoms with Crippen LogP contribution in [0.1, 0.15) is 11.1 Å². The van der Waals surface area contributed by atoms with Crippen molar-refractivity contribution in [2.24, 2.45) is 5.73 Å². The lowest BCUT2D eigenvalue weighted by Crippen LogP contribution is -2.32. The van der Waals surface area contributed by atoms with E-state index in [1.807, 2.05) is 31.3 Å². The molecule has 0 aliphatic rings. The van der Waals surface area contributed by atoms with Crippen molar-refractivity contribution in [1.29, 1.82) is 0 Å². The SMILES string of the molecule is Cc1ccc2[nH]cc(CC(N)C(=O)O)c2c1.O. The molecule has 1 heterocycles. The first-order valence-electron chi connectivity index (χ1n) is 5.13. The Morgan fingerprint density at radius 1 is 1.53 bits per heavy atom. The Kier molecular flexibility index (Phi) is 3.88. The van der Waals surface area contributed by atoms with Gasteiger partial charge in [-0.15, -0.1) is 0 Å². The number of nitrogens with one attached hydrogen (secondary N) is 1. The van der Waals surface area contributed by atoms with Gasteiger partial charge in [-0.2, -0.15) is 0 Å². The van der Waals surface area contributed by atoms with Gasteiger partial charge >= 0.3 is 5.97 Å². The standard InChI is InChI=1S/C12H14N2O2.H2O/c1-7-2-3-11-9(4-7)8(6-14-11)5-10(13)12(15)16;/h2-4,6,10,14H,5,13H2,1H3,(H,15,16);1H2. The molecule has 0 saturated carbocycles. The summed E-state index contributed by atoms with van der Waals surface area (Å²) in [6.45, 7) is 2.01. The molecule has 17 heavy (non-hydrogen) atoms. The summed E-state index contributed by atoms with van der Waals surface area (Å²) in [5.41, 5.74) is 8.64. The molecule has 2 aromatic rings. The van der Waals surface area contributed by atoms with E-state index in [1.165, 1.54) is 0 Å². The summed E-state index contributed by atoms with van der Waals surface area (Å²) in [7, 11) is 0. The molecule has 0 radical (unpaired) electrons. The first-order chi connectivity index (χ1) is 7.58. The highest BCUT2D eigenvalue weighted by molar-refractivity contribution is 5.85. The van der Waals surface area contributed by atoms with Crippen molar-refractivity contribution in [3.8, 4) is 0 Å². The van der Waals surface area contributed by atoms with E-state index < -0.39 is 12.0 Å². The number of rotatable bonds is 3. The maximum atomic E-state index is 10.7. The van der Waals surface area contributed by atoms with Crippen LogP contribution in [0.3, 0.4) is 0 Å². The molecule has 0 aliphatic heterocycles. The molecule has 1 aromatic carbocycles. The fraction of sp³-hybridized carbons (Fsp3) is 0.250. The molecule has 1 unspecified atom stereocenters. The van der Waals surface area contributed by atoms with Crippen LogP contribution >= 0.6 is 0 Å². The first-order valence-corrected chi connectivity index (χ1v) is 5.13. The molecule has 0 saturated heterocycles. The summed E-state index contributed by atoms with van der Waals surface area (Å²) in [4.78, 5) is 13.8. The number of carboxylic acid groups (broad SMARTS) is 1. The number of carboxylic acids is 1. The van der Waals surface area contributed by atoms with Crippen molar-refractivity contribution < 1.29 is 15.4 Å². The van der Waals surface area contributed by atoms with Gasteiger partial charge in [0, 0.05) is 23.5 Å². The van der Waals surface area contributed by atoms with Crippen molar-refractivity contribution in [2.45, 2.75) is 19.4 Å². The third-order valence-corrected chi connectivity index (χ3v) is 2.68. The van der Waals surface area contributed by atoms with Crippen LogP contribution in [0, 0.1) is 6.92 Å². The molecule has 5 heteroatoms. The molecule has 6 N–H and O–H groups in total. The van der Waals surface area contributed by atoms with E-state index in [0.717, 1.165) is 22.0 Å². The number of nitrogens with two attached hydrogens (primary N) is 1. The monoisotopic (exact) mass is 236 g/mol. The number of aromatic nitrogens is 1. The van der Waals surface area contributed by atoms with Crippen LogP contribution in [0.25, 0.3) is 10.9 Å². The maximum absolute atomic E-state index is 10.7. The molecule has 2 rings (SSSR count). The number of hydrogen-bond donors (Lipinski definition) is 3. The third kappa shape index (κ3) is 2.64. The van der Waals surface area contributed by atoms with Crippen molar-refractivity contribution in [1.82, 2.24) is 4.98 Å². The summed E-state index contributed by atoms with van der Waals surface area (Å²) >= 11 is 0. The highest BCUT2D eigenvalue weighted by atomic mass is 16.4. The summed E-state index contributed by atoms with van der Waals surface area (Å²) in [6.07, 6.45) is 2.17. The zero-order valence-corrected chi connectivity index (χ0v) is 9.53. The van der Waals surface area contributed by atoms with Crippen molar-refractivity contribution in [3.05, 3.63) is 35.5 Å². The Morgan fingerprint density at radius 2 is 2.24 bits per heavy atom. The number of H-pyrrole nitrogens is 1. The lowest BCUT2D eigenvalue weighted by Gasteiger charge is -2.05. The molecule has 0 amide bonds. The largest absolute Gasteiger partial charge is 0.480 e. The van der Waals surface area contributed by atoms with Crippen molar-refractivity contribution in [3.63, 3.8) is 0 Å². The maximum Gasteiger partial charge on any atom is 0.320 e. The first kappa shape index (κ1) is 13.2. The number of benzene rings is 1. The van der Waals surface area contributed by atoms with Crippen LogP contribution in [0.5, 0.6) is 0 Å². The van der Waals surface area contributed by atoms with Gasteiger partial charge in [-0.25, -0.2) is 0 Å². The second-order valence-corrected chi connectivity index (χ2v) is 4.01. The fourth-order valence-electron chi connectivity index (χ4n) is 1.79. The van der Waals surface area contributed by atoms with Gasteiger partial charge in [-0.3, -0.25) is 4.79 Å². The van der Waals surface area contributed by atoms with Gasteiger partial charge in [0.2, 0.25) is 0 Å². The lowest BCUT2D eigenvalue weighted by molar-refractivity contribution is -0.138. The van der Waals surface area contributed by atoms with E-state index in [2.05, 4.69) is 4.98 Å². The normalized spacial score (nSPS) is 12.1. The van der Waals surface area contributed by atoms with Crippen LogP contribution in [0.4, 0.5) is 0 Å². The second-order valence-electron chi connectivity index (χ2n) is 4.01. The molecular weight excluding hydrogens is 220 g/mol. The summed E-state index contributed by atoms with van der Waals surface area (Å²) in [6, 6.07) is 5.19. The topological polar surface area (TPSA) is 111 Å². The van der Waals surface area contributed by atoms with Gasteiger partial charge in [0.15, 0.2) is 0 Å². The Morgan fingerprint density at radius 3 is 2.88 bits per heavy atom. The highest BCUT2D eigenvalue weighted by Gasteiger charge is 2.14. The van der Waals surface area contributed by atoms with Gasteiger partial charge in [0.25, 0.3) is 0 Å². The quantitative estimate of drug-likeness (QED) is 0.725. The van der Waals surface area contributed by atoms with Gasteiger partial charge in [0.1, 0.15) is 6.04 Å². The fourth-order valence-corrected chi connectivity index (χ4v) is 1.79. The highest BCUT2D eigenvalue weighted by Crippen LogP contribution is 2.20. The van der Waals surface area contributed by atoms with Gasteiger partial charge in [-0.1, -0.05) is 11.6 Å². The number of fused-ring (bicyclic) bond motifs is 1. The predicted molar refractivity (Wildman–Crippen MR) is 66.0 cm³/mol. The number of aliphatic carboxylic acids is 1. The van der Waals surface area contributed by atoms with E-state index in [-0.39, 0.29) is 5.48 Å². The molecule has 0 spiro atoms. The number of aryl methyl sites for hydroxylation is 1. The minimum Gasteiger partial charge on any atom is -0.480 e. The lowest BCUT2D eigenvalue weighted by atomic mass is 10.0. The van der Waals surface area contributed by atoms with Crippen LogP contribution < -0.4 is 5.73 Å². The smallest absolute Gasteiger partial charge is 0.320 e. The average molecular weight is 236 g/mol. The van der Waals surface area contributed by atoms with E-state index in [1.54, 1.807) is 0 Å². The summed E-state index contributed by atoms with van der Waals surface area (Å²) in [5, 5.41) is 9.82. The van der Waals surface area contributed by atoms with Crippen molar-refractivity contribution in [2.75, 3.05) is 0 Å². The number of aromatic amines is 1. The average Bonchev–Trinajstić information content (AvgIpc) is 2.61. The molecule has 0 fully saturated rings. The second kappa shape index (κ2) is 4.99. The molecule has 1 atom stereocenters. The van der Waals surface area contributed by atoms with Gasteiger partial charge < -0.3 is 21.3 Å². The van der Waals surface area contributed by atoms with Crippen LogP contribution in [-0.4, -0.2) is 27.6 Å². The molecule has 92 valence electrons. The van der Waals surface area contributed by atoms with Crippen LogP contribution in [-0.2, 0) is 11.2 Å². The van der Waals surface area contributed by atoms with E-state index >= 15 is 0 Å². The Hall–Kier alpha value is -1.85. The number of hydrogen-bond acceptors (Lipinski definition) is 2. The molecular formula is C12H16N2O3. The Labute approximate surface area is 98.6 Å². The summed E-state index contributed by atoms with van der Waals surface area (Å²) < 4.78 is 0. The zero-order chi connectivity index (χ0) is 11.7. The minimum absolute atomic E-state index is 0. The minimum atomic E-state index is -0.970. The molecule has 0 aliphatic carbocycles. The number of carbonyl (C=O) groups is 1. The summed E-state index contributed by atoms with van der Waals surface area (Å²) in [5.74, 6) is -0.970. The molecule has 0 bridgehead atoms. The third-order valence-electron chi connectivity index (χ3n) is 2.68. The van der Waals surface area contributed by atoms with Gasteiger partial charge in [-0.05, 0) is 24.6 Å². The van der Waals surface area contributed by atoms with E-state index in [0.29, 0.717) is 6.42 Å². The van der Waals surface area contributed by atoms with E-state index in [4.69, 9.17) is 10.8 Å². The zero-order valence-electron chi connectivity index (χ0n) is 9.53. The van der Waals surface area contributed by atoms with Gasteiger partial charge in [0.05, 0.1) is 0 Å².